The number of hydrogen-bond donors (Lipinski definition) is 1. The molecule has 15 heavy (non-hydrogen) atoms. The lowest BCUT2D eigenvalue weighted by Crippen LogP contribution is -2.17. The number of ether oxygens (including phenoxy) is 1. The first kappa shape index (κ1) is 11.8. The Balaban J connectivity index is 2.53. The minimum Gasteiger partial charge on any atom is -0.493 e. The SMILES string of the molecule is C=CCCOc1cccc(CC(C)N)c1. The van der Waals surface area contributed by atoms with Gasteiger partial charge in [0.05, 0.1) is 6.61 Å². The molecule has 2 N–H and O–H groups in total. The highest BCUT2D eigenvalue weighted by molar-refractivity contribution is 5.29. The second-order valence-electron chi connectivity index (χ2n) is 3.75. The minimum absolute atomic E-state index is 0.188. The Morgan fingerprint density at radius 1 is 1.53 bits per heavy atom. The lowest BCUT2D eigenvalue weighted by Gasteiger charge is -2.08. The summed E-state index contributed by atoms with van der Waals surface area (Å²) in [5.74, 6) is 0.912. The van der Waals surface area contributed by atoms with Gasteiger partial charge in [-0.2, -0.15) is 0 Å². The van der Waals surface area contributed by atoms with Crippen molar-refractivity contribution in [3.63, 3.8) is 0 Å². The van der Waals surface area contributed by atoms with Gasteiger partial charge in [0.1, 0.15) is 5.75 Å². The van der Waals surface area contributed by atoms with Gasteiger partial charge in [-0.1, -0.05) is 18.2 Å². The van der Waals surface area contributed by atoms with E-state index >= 15 is 0 Å². The standard InChI is InChI=1S/C13H19NO/c1-3-4-8-15-13-7-5-6-12(10-13)9-11(2)14/h3,5-7,10-11H,1,4,8-9,14H2,2H3. The summed E-state index contributed by atoms with van der Waals surface area (Å²) in [4.78, 5) is 0. The Hall–Kier alpha value is -1.28. The maximum atomic E-state index is 5.74. The quantitative estimate of drug-likeness (QED) is 0.572. The van der Waals surface area contributed by atoms with Gasteiger partial charge in [0.25, 0.3) is 0 Å². The van der Waals surface area contributed by atoms with Crippen molar-refractivity contribution >= 4 is 0 Å². The van der Waals surface area contributed by atoms with E-state index in [2.05, 4.69) is 12.6 Å². The molecule has 1 aromatic rings. The third-order valence-corrected chi connectivity index (χ3v) is 2.05. The zero-order valence-corrected chi connectivity index (χ0v) is 9.28. The van der Waals surface area contributed by atoms with Gasteiger partial charge in [0.2, 0.25) is 0 Å². The van der Waals surface area contributed by atoms with E-state index < -0.39 is 0 Å². The fourth-order valence-corrected chi connectivity index (χ4v) is 1.39. The summed E-state index contributed by atoms with van der Waals surface area (Å²) in [5, 5.41) is 0. The van der Waals surface area contributed by atoms with Crippen molar-refractivity contribution in [2.75, 3.05) is 6.61 Å². The molecule has 0 saturated heterocycles. The van der Waals surface area contributed by atoms with Crippen LogP contribution in [0.15, 0.2) is 36.9 Å². The van der Waals surface area contributed by atoms with Crippen molar-refractivity contribution in [2.24, 2.45) is 5.73 Å². The lowest BCUT2D eigenvalue weighted by atomic mass is 10.1. The van der Waals surface area contributed by atoms with E-state index in [9.17, 15) is 0 Å². The van der Waals surface area contributed by atoms with Crippen molar-refractivity contribution in [1.82, 2.24) is 0 Å². The number of nitrogens with two attached hydrogens (primary N) is 1. The smallest absolute Gasteiger partial charge is 0.119 e. The third-order valence-electron chi connectivity index (χ3n) is 2.05. The fraction of sp³-hybridized carbons (Fsp3) is 0.385. The average Bonchev–Trinajstić information content (AvgIpc) is 2.18. The predicted octanol–water partition coefficient (Wildman–Crippen LogP) is 2.53. The molecule has 0 bridgehead atoms. The van der Waals surface area contributed by atoms with E-state index in [0.29, 0.717) is 6.61 Å². The Bertz CT molecular complexity index is 307. The van der Waals surface area contributed by atoms with Gasteiger partial charge in [-0.05, 0) is 37.5 Å². The van der Waals surface area contributed by atoms with Crippen LogP contribution >= 0.6 is 0 Å². The summed E-state index contributed by atoms with van der Waals surface area (Å²) in [5.41, 5.74) is 6.97. The Kier molecular flexibility index (Phi) is 4.91. The van der Waals surface area contributed by atoms with E-state index in [1.165, 1.54) is 5.56 Å². The number of benzene rings is 1. The van der Waals surface area contributed by atoms with Crippen LogP contribution in [0.1, 0.15) is 18.9 Å². The molecule has 0 aromatic heterocycles. The van der Waals surface area contributed by atoms with Crippen LogP contribution in [0.5, 0.6) is 5.75 Å². The summed E-state index contributed by atoms with van der Waals surface area (Å²) in [6.45, 7) is 6.34. The van der Waals surface area contributed by atoms with E-state index in [0.717, 1.165) is 18.6 Å². The van der Waals surface area contributed by atoms with Crippen LogP contribution in [-0.2, 0) is 6.42 Å². The monoisotopic (exact) mass is 205 g/mol. The van der Waals surface area contributed by atoms with Gasteiger partial charge in [-0.25, -0.2) is 0 Å². The average molecular weight is 205 g/mol. The summed E-state index contributed by atoms with van der Waals surface area (Å²) in [6, 6.07) is 8.28. The first-order chi connectivity index (χ1) is 7.22. The second-order valence-corrected chi connectivity index (χ2v) is 3.75. The highest BCUT2D eigenvalue weighted by Gasteiger charge is 1.99. The van der Waals surface area contributed by atoms with Crippen LogP contribution in [0.25, 0.3) is 0 Å². The predicted molar refractivity (Wildman–Crippen MR) is 64.1 cm³/mol. The van der Waals surface area contributed by atoms with Gasteiger partial charge < -0.3 is 10.5 Å². The van der Waals surface area contributed by atoms with Crippen LogP contribution < -0.4 is 10.5 Å². The molecule has 1 aromatic carbocycles. The molecule has 1 atom stereocenters. The Labute approximate surface area is 91.7 Å². The molecule has 2 heteroatoms. The maximum Gasteiger partial charge on any atom is 0.119 e. The van der Waals surface area contributed by atoms with Gasteiger partial charge in [0, 0.05) is 6.04 Å². The first-order valence-corrected chi connectivity index (χ1v) is 5.30. The van der Waals surface area contributed by atoms with Crippen molar-refractivity contribution in [3.8, 4) is 5.75 Å². The molecule has 0 amide bonds. The summed E-state index contributed by atoms with van der Waals surface area (Å²) >= 11 is 0. The molecular weight excluding hydrogens is 186 g/mol. The van der Waals surface area contributed by atoms with Crippen molar-refractivity contribution in [2.45, 2.75) is 25.8 Å². The zero-order valence-electron chi connectivity index (χ0n) is 9.28. The van der Waals surface area contributed by atoms with Crippen molar-refractivity contribution < 1.29 is 4.74 Å². The maximum absolute atomic E-state index is 5.74. The van der Waals surface area contributed by atoms with Crippen molar-refractivity contribution in [1.29, 1.82) is 0 Å². The van der Waals surface area contributed by atoms with E-state index in [1.54, 1.807) is 0 Å². The molecule has 1 rings (SSSR count). The van der Waals surface area contributed by atoms with Crippen LogP contribution in [0, 0.1) is 0 Å². The van der Waals surface area contributed by atoms with Crippen LogP contribution in [0.3, 0.4) is 0 Å². The topological polar surface area (TPSA) is 35.2 Å². The van der Waals surface area contributed by atoms with Crippen molar-refractivity contribution in [3.05, 3.63) is 42.5 Å². The van der Waals surface area contributed by atoms with Crippen LogP contribution in [-0.4, -0.2) is 12.6 Å². The number of rotatable bonds is 6. The summed E-state index contributed by atoms with van der Waals surface area (Å²) in [6.07, 6.45) is 3.61. The number of hydrogen-bond acceptors (Lipinski definition) is 2. The zero-order chi connectivity index (χ0) is 11.1. The normalized spacial score (nSPS) is 12.1. The molecule has 0 fully saturated rings. The Morgan fingerprint density at radius 3 is 3.00 bits per heavy atom. The van der Waals surface area contributed by atoms with Gasteiger partial charge >= 0.3 is 0 Å². The third kappa shape index (κ3) is 4.66. The van der Waals surface area contributed by atoms with Crippen LogP contribution in [0.4, 0.5) is 0 Å². The first-order valence-electron chi connectivity index (χ1n) is 5.30. The molecule has 0 saturated carbocycles. The molecule has 0 aliphatic rings. The second kappa shape index (κ2) is 6.25. The fourth-order valence-electron chi connectivity index (χ4n) is 1.39. The summed E-state index contributed by atoms with van der Waals surface area (Å²) < 4.78 is 5.56. The molecule has 0 heterocycles. The molecule has 0 spiro atoms. The molecule has 1 unspecified atom stereocenters. The highest BCUT2D eigenvalue weighted by Crippen LogP contribution is 2.14. The molecule has 0 aliphatic carbocycles. The van der Waals surface area contributed by atoms with Gasteiger partial charge in [-0.15, -0.1) is 6.58 Å². The van der Waals surface area contributed by atoms with E-state index in [4.69, 9.17) is 10.5 Å². The van der Waals surface area contributed by atoms with Gasteiger partial charge in [0.15, 0.2) is 0 Å². The highest BCUT2D eigenvalue weighted by atomic mass is 16.5. The van der Waals surface area contributed by atoms with E-state index in [-0.39, 0.29) is 6.04 Å². The molecule has 82 valence electrons. The molecular formula is C13H19NO. The Morgan fingerprint density at radius 2 is 2.33 bits per heavy atom. The lowest BCUT2D eigenvalue weighted by molar-refractivity contribution is 0.324. The van der Waals surface area contributed by atoms with Crippen LogP contribution in [0.2, 0.25) is 0 Å². The molecule has 0 aliphatic heterocycles. The minimum atomic E-state index is 0.188. The summed E-state index contributed by atoms with van der Waals surface area (Å²) in [7, 11) is 0. The largest absolute Gasteiger partial charge is 0.493 e. The van der Waals surface area contributed by atoms with E-state index in [1.807, 2.05) is 31.2 Å². The molecule has 2 nitrogen and oxygen atoms in total. The van der Waals surface area contributed by atoms with Gasteiger partial charge in [-0.3, -0.25) is 0 Å². The molecule has 0 radical (unpaired) electrons.